The van der Waals surface area contributed by atoms with Crippen LogP contribution >= 0.6 is 0 Å². The number of hydrogen-bond donors (Lipinski definition) is 2. The molecule has 1 aromatic carbocycles. The van der Waals surface area contributed by atoms with Crippen molar-refractivity contribution in [1.82, 2.24) is 23.9 Å². The average molecular weight is 491 g/mol. The van der Waals surface area contributed by atoms with Crippen LogP contribution in [0.1, 0.15) is 23.0 Å². The molecule has 0 fully saturated rings. The van der Waals surface area contributed by atoms with Crippen molar-refractivity contribution in [3.05, 3.63) is 91.2 Å². The molecular formula is C24H22N6O4S. The van der Waals surface area contributed by atoms with Crippen molar-refractivity contribution >= 4 is 27.6 Å². The van der Waals surface area contributed by atoms with Crippen LogP contribution in [0.3, 0.4) is 0 Å². The highest BCUT2D eigenvalue weighted by atomic mass is 32.2. The predicted octanol–water partition coefficient (Wildman–Crippen LogP) is 3.55. The SMILES string of the molecule is C=CN(/C=C\Cc1nc2c(-c3ccc(-c4ccccc4)nc3)cnn2c(N)c1C(C)=O)S(=O)(=O)O. The standard InChI is InChI=1S/C24H22N6O4S/c1-3-29(35(32,33)34)13-7-10-21-22(16(2)31)23(25)30-24(28-21)19(15-27-30)18-11-12-20(26-14-18)17-8-5-4-6-9-17/h3-9,11-15H,1,10,25H2,2H3,(H,32,33,34)/b13-7-. The molecule has 35 heavy (non-hydrogen) atoms. The summed E-state index contributed by atoms with van der Waals surface area (Å²) in [5.41, 5.74) is 10.4. The Morgan fingerprint density at radius 1 is 1.17 bits per heavy atom. The second-order valence-electron chi connectivity index (χ2n) is 7.55. The van der Waals surface area contributed by atoms with Crippen molar-refractivity contribution in [2.75, 3.05) is 5.73 Å². The molecule has 0 bridgehead atoms. The fourth-order valence-electron chi connectivity index (χ4n) is 3.63. The largest absolute Gasteiger partial charge is 0.383 e. The number of carbonyl (C=O) groups excluding carboxylic acids is 1. The first kappa shape index (κ1) is 23.8. The Labute approximate surface area is 201 Å². The Kier molecular flexibility index (Phi) is 6.45. The normalized spacial score (nSPS) is 11.7. The number of carbonyl (C=O) groups is 1. The highest BCUT2D eigenvalue weighted by Gasteiger charge is 2.20. The van der Waals surface area contributed by atoms with Gasteiger partial charge in [-0.1, -0.05) is 49.1 Å². The van der Waals surface area contributed by atoms with Crippen molar-refractivity contribution in [3.8, 4) is 22.4 Å². The lowest BCUT2D eigenvalue weighted by atomic mass is 10.1. The van der Waals surface area contributed by atoms with Crippen molar-refractivity contribution < 1.29 is 17.8 Å². The van der Waals surface area contributed by atoms with Crippen molar-refractivity contribution in [2.45, 2.75) is 13.3 Å². The van der Waals surface area contributed by atoms with Crippen LogP contribution < -0.4 is 5.73 Å². The number of anilines is 1. The molecule has 0 aliphatic heterocycles. The molecule has 0 saturated carbocycles. The van der Waals surface area contributed by atoms with E-state index in [1.165, 1.54) is 17.5 Å². The summed E-state index contributed by atoms with van der Waals surface area (Å²) in [6.45, 7) is 4.70. The van der Waals surface area contributed by atoms with Gasteiger partial charge in [0.1, 0.15) is 5.82 Å². The maximum Gasteiger partial charge on any atom is 0.363 e. The Bertz CT molecular complexity index is 1540. The summed E-state index contributed by atoms with van der Waals surface area (Å²) in [4.78, 5) is 21.5. The average Bonchev–Trinajstić information content (AvgIpc) is 3.26. The van der Waals surface area contributed by atoms with E-state index in [2.05, 4.69) is 21.6 Å². The fourth-order valence-corrected chi connectivity index (χ4v) is 4.06. The van der Waals surface area contributed by atoms with Crippen LogP contribution in [0.5, 0.6) is 0 Å². The van der Waals surface area contributed by atoms with Crippen molar-refractivity contribution in [2.24, 2.45) is 0 Å². The Morgan fingerprint density at radius 3 is 2.51 bits per heavy atom. The van der Waals surface area contributed by atoms with Crippen LogP contribution in [-0.2, 0) is 16.7 Å². The summed E-state index contributed by atoms with van der Waals surface area (Å²) in [6, 6.07) is 13.6. The van der Waals surface area contributed by atoms with Gasteiger partial charge in [-0.05, 0) is 13.0 Å². The van der Waals surface area contributed by atoms with Crippen molar-refractivity contribution in [1.29, 1.82) is 0 Å². The molecule has 178 valence electrons. The number of pyridine rings is 1. The quantitative estimate of drug-likeness (QED) is 0.282. The Balaban J connectivity index is 1.76. The molecule has 0 saturated heterocycles. The number of aromatic nitrogens is 4. The second kappa shape index (κ2) is 9.49. The van der Waals surface area contributed by atoms with Gasteiger partial charge in [0.25, 0.3) is 0 Å². The first-order valence-corrected chi connectivity index (χ1v) is 11.8. The van der Waals surface area contributed by atoms with Gasteiger partial charge in [0, 0.05) is 41.7 Å². The van der Waals surface area contributed by atoms with E-state index in [1.54, 1.807) is 12.4 Å². The van der Waals surface area contributed by atoms with Gasteiger partial charge >= 0.3 is 10.3 Å². The molecule has 0 atom stereocenters. The third-order valence-corrected chi connectivity index (χ3v) is 6.07. The van der Waals surface area contributed by atoms with Crippen LogP contribution in [0.2, 0.25) is 0 Å². The maximum absolute atomic E-state index is 12.3. The van der Waals surface area contributed by atoms with Gasteiger partial charge < -0.3 is 5.73 Å². The Morgan fingerprint density at radius 2 is 1.91 bits per heavy atom. The van der Waals surface area contributed by atoms with E-state index >= 15 is 0 Å². The minimum atomic E-state index is -4.50. The molecule has 0 unspecified atom stereocenters. The molecule has 11 heteroatoms. The zero-order valence-electron chi connectivity index (χ0n) is 18.7. The minimum Gasteiger partial charge on any atom is -0.383 e. The second-order valence-corrected chi connectivity index (χ2v) is 8.86. The monoisotopic (exact) mass is 490 g/mol. The van der Waals surface area contributed by atoms with Gasteiger partial charge in [-0.15, -0.1) is 0 Å². The van der Waals surface area contributed by atoms with E-state index in [4.69, 9.17) is 5.73 Å². The van der Waals surface area contributed by atoms with Crippen LogP contribution in [0.4, 0.5) is 5.82 Å². The number of nitrogens with zero attached hydrogens (tertiary/aromatic N) is 5. The molecule has 0 radical (unpaired) electrons. The van der Waals surface area contributed by atoms with E-state index < -0.39 is 10.3 Å². The van der Waals surface area contributed by atoms with Crippen LogP contribution in [0.25, 0.3) is 28.0 Å². The summed E-state index contributed by atoms with van der Waals surface area (Å²) < 4.78 is 33.8. The maximum atomic E-state index is 12.3. The third kappa shape index (κ3) is 4.81. The van der Waals surface area contributed by atoms with Crippen molar-refractivity contribution in [3.63, 3.8) is 0 Å². The van der Waals surface area contributed by atoms with E-state index in [-0.39, 0.29) is 23.6 Å². The number of rotatable bonds is 8. The lowest BCUT2D eigenvalue weighted by Crippen LogP contribution is -2.18. The zero-order chi connectivity index (χ0) is 25.2. The van der Waals surface area contributed by atoms with E-state index in [0.29, 0.717) is 21.2 Å². The molecular weight excluding hydrogens is 468 g/mol. The van der Waals surface area contributed by atoms with E-state index in [9.17, 15) is 17.8 Å². The number of hydrogen-bond acceptors (Lipinski definition) is 7. The predicted molar refractivity (Wildman–Crippen MR) is 132 cm³/mol. The summed E-state index contributed by atoms with van der Waals surface area (Å²) in [6.07, 6.45) is 6.84. The Hall–Kier alpha value is -4.35. The van der Waals surface area contributed by atoms with Gasteiger partial charge in [-0.2, -0.15) is 18.0 Å². The molecule has 3 N–H and O–H groups in total. The molecule has 4 aromatic rings. The number of nitrogen functional groups attached to an aromatic ring is 1. The molecule has 3 heterocycles. The molecule has 4 rings (SSSR count). The first-order valence-electron chi connectivity index (χ1n) is 10.4. The first-order chi connectivity index (χ1) is 16.7. The summed E-state index contributed by atoms with van der Waals surface area (Å²) in [7, 11) is -4.50. The number of fused-ring (bicyclic) bond motifs is 1. The van der Waals surface area contributed by atoms with Crippen LogP contribution in [-0.4, -0.2) is 42.6 Å². The topological polar surface area (TPSA) is 144 Å². The number of nitrogens with two attached hydrogens (primary N) is 1. The molecule has 0 amide bonds. The van der Waals surface area contributed by atoms with Crippen LogP contribution in [0.15, 0.2) is 79.9 Å². The number of benzene rings is 1. The highest BCUT2D eigenvalue weighted by molar-refractivity contribution is 7.83. The lowest BCUT2D eigenvalue weighted by Gasteiger charge is -2.12. The summed E-state index contributed by atoms with van der Waals surface area (Å²) in [5.74, 6) is -0.206. The summed E-state index contributed by atoms with van der Waals surface area (Å²) >= 11 is 0. The molecule has 0 aliphatic rings. The molecule has 10 nitrogen and oxygen atoms in total. The van der Waals surface area contributed by atoms with Gasteiger partial charge in [0.2, 0.25) is 0 Å². The van der Waals surface area contributed by atoms with Crippen LogP contribution in [0, 0.1) is 0 Å². The number of Topliss-reactive ketones (excluding diaryl/α,β-unsaturated/α-hetero) is 1. The van der Waals surface area contributed by atoms with E-state index in [1.807, 2.05) is 42.5 Å². The lowest BCUT2D eigenvalue weighted by molar-refractivity contribution is 0.101. The third-order valence-electron chi connectivity index (χ3n) is 5.26. The summed E-state index contributed by atoms with van der Waals surface area (Å²) in [5, 5.41) is 4.31. The van der Waals surface area contributed by atoms with Gasteiger partial charge in [-0.3, -0.25) is 14.3 Å². The van der Waals surface area contributed by atoms with Gasteiger partial charge in [0.15, 0.2) is 11.4 Å². The van der Waals surface area contributed by atoms with E-state index in [0.717, 1.165) is 29.2 Å². The molecule has 0 spiro atoms. The fraction of sp³-hybridized carbons (Fsp3) is 0.0833. The number of ketones is 1. The highest BCUT2D eigenvalue weighted by Crippen LogP contribution is 2.28. The minimum absolute atomic E-state index is 0.0608. The molecule has 3 aromatic heterocycles. The van der Waals surface area contributed by atoms with Gasteiger partial charge in [0.05, 0.1) is 23.1 Å². The molecule has 0 aliphatic carbocycles. The zero-order valence-corrected chi connectivity index (χ0v) is 19.6. The number of allylic oxidation sites excluding steroid dienone is 1. The van der Waals surface area contributed by atoms with Gasteiger partial charge in [-0.25, -0.2) is 9.29 Å². The smallest absolute Gasteiger partial charge is 0.363 e.